The second-order valence-corrected chi connectivity index (χ2v) is 7.91. The zero-order valence-electron chi connectivity index (χ0n) is 17.9. The van der Waals surface area contributed by atoms with Crippen LogP contribution in [0.25, 0.3) is 21.9 Å². The Morgan fingerprint density at radius 1 is 1.22 bits per heavy atom. The van der Waals surface area contributed by atoms with E-state index in [1.165, 1.54) is 0 Å². The molecule has 0 aliphatic heterocycles. The molecule has 164 valence electrons. The van der Waals surface area contributed by atoms with E-state index in [1.807, 2.05) is 42.5 Å². The van der Waals surface area contributed by atoms with Crippen molar-refractivity contribution in [2.45, 2.75) is 32.2 Å². The van der Waals surface area contributed by atoms with Crippen molar-refractivity contribution in [1.82, 2.24) is 19.9 Å². The molecule has 0 fully saturated rings. The normalized spacial score (nSPS) is 12.2. The molecule has 0 aliphatic rings. The SMILES string of the molecule is Cc1nc2cc(CCC(=O)NC(Cc3c[nH]c4ccccc34)C(=O)O)ccc2n(C)c1=O. The second kappa shape index (κ2) is 8.66. The first-order chi connectivity index (χ1) is 15.3. The fourth-order valence-electron chi connectivity index (χ4n) is 3.92. The highest BCUT2D eigenvalue weighted by Gasteiger charge is 2.21. The van der Waals surface area contributed by atoms with Gasteiger partial charge >= 0.3 is 5.97 Å². The van der Waals surface area contributed by atoms with Crippen LogP contribution in [-0.2, 0) is 29.5 Å². The van der Waals surface area contributed by atoms with Gasteiger partial charge in [0.1, 0.15) is 11.7 Å². The van der Waals surface area contributed by atoms with E-state index in [2.05, 4.69) is 15.3 Å². The second-order valence-electron chi connectivity index (χ2n) is 7.91. The van der Waals surface area contributed by atoms with Gasteiger partial charge in [-0.05, 0) is 42.7 Å². The van der Waals surface area contributed by atoms with Gasteiger partial charge in [0.15, 0.2) is 0 Å². The molecule has 8 nitrogen and oxygen atoms in total. The number of aryl methyl sites for hydroxylation is 3. The monoisotopic (exact) mass is 432 g/mol. The lowest BCUT2D eigenvalue weighted by molar-refractivity contribution is -0.141. The van der Waals surface area contributed by atoms with Gasteiger partial charge in [-0.25, -0.2) is 9.78 Å². The molecule has 32 heavy (non-hydrogen) atoms. The number of benzene rings is 2. The summed E-state index contributed by atoms with van der Waals surface area (Å²) in [4.78, 5) is 43.7. The maximum absolute atomic E-state index is 12.5. The van der Waals surface area contributed by atoms with Crippen molar-refractivity contribution >= 4 is 33.8 Å². The minimum Gasteiger partial charge on any atom is -0.480 e. The largest absolute Gasteiger partial charge is 0.480 e. The number of para-hydroxylation sites is 1. The number of carboxylic acids is 1. The molecule has 1 atom stereocenters. The van der Waals surface area contributed by atoms with Crippen LogP contribution in [0.3, 0.4) is 0 Å². The van der Waals surface area contributed by atoms with Gasteiger partial charge in [-0.1, -0.05) is 24.3 Å². The average Bonchev–Trinajstić information content (AvgIpc) is 3.18. The number of hydrogen-bond acceptors (Lipinski definition) is 4. The highest BCUT2D eigenvalue weighted by Crippen LogP contribution is 2.19. The fourth-order valence-corrected chi connectivity index (χ4v) is 3.92. The fraction of sp³-hybridized carbons (Fsp3) is 0.250. The number of H-pyrrole nitrogens is 1. The van der Waals surface area contributed by atoms with Gasteiger partial charge in [-0.15, -0.1) is 0 Å². The van der Waals surface area contributed by atoms with Crippen LogP contribution in [0.4, 0.5) is 0 Å². The third kappa shape index (κ3) is 4.25. The zero-order chi connectivity index (χ0) is 22.8. The number of nitrogens with one attached hydrogen (secondary N) is 2. The van der Waals surface area contributed by atoms with E-state index in [0.717, 1.165) is 27.5 Å². The predicted molar refractivity (Wildman–Crippen MR) is 122 cm³/mol. The van der Waals surface area contributed by atoms with Gasteiger partial charge in [-0.3, -0.25) is 9.59 Å². The zero-order valence-corrected chi connectivity index (χ0v) is 17.9. The van der Waals surface area contributed by atoms with Crippen LogP contribution >= 0.6 is 0 Å². The van der Waals surface area contributed by atoms with Crippen molar-refractivity contribution in [2.75, 3.05) is 0 Å². The Hall–Kier alpha value is -3.94. The predicted octanol–water partition coefficient (Wildman–Crippen LogP) is 2.47. The Morgan fingerprint density at radius 3 is 2.78 bits per heavy atom. The number of rotatable bonds is 7. The Bertz CT molecular complexity index is 1390. The number of nitrogens with zero attached hydrogens (tertiary/aromatic N) is 2. The number of amides is 1. The summed E-state index contributed by atoms with van der Waals surface area (Å²) in [5, 5.41) is 13.2. The van der Waals surface area contributed by atoms with Gasteiger partial charge in [0, 0.05) is 37.0 Å². The van der Waals surface area contributed by atoms with Crippen molar-refractivity contribution < 1.29 is 14.7 Å². The molecule has 1 unspecified atom stereocenters. The molecule has 1 amide bonds. The highest BCUT2D eigenvalue weighted by atomic mass is 16.4. The first-order valence-electron chi connectivity index (χ1n) is 10.4. The van der Waals surface area contributed by atoms with Crippen molar-refractivity contribution in [1.29, 1.82) is 0 Å². The van der Waals surface area contributed by atoms with Gasteiger partial charge in [0.25, 0.3) is 5.56 Å². The van der Waals surface area contributed by atoms with Crippen LogP contribution in [0, 0.1) is 6.92 Å². The molecule has 4 aromatic rings. The summed E-state index contributed by atoms with van der Waals surface area (Å²) < 4.78 is 1.55. The summed E-state index contributed by atoms with van der Waals surface area (Å²) in [6.45, 7) is 1.67. The van der Waals surface area contributed by atoms with Crippen LogP contribution in [-0.4, -0.2) is 37.6 Å². The quantitative estimate of drug-likeness (QED) is 0.415. The number of hydrogen-bond donors (Lipinski definition) is 3. The summed E-state index contributed by atoms with van der Waals surface area (Å²) in [6.07, 6.45) is 2.56. The van der Waals surface area contributed by atoms with Crippen LogP contribution < -0.4 is 10.9 Å². The maximum atomic E-state index is 12.5. The topological polar surface area (TPSA) is 117 Å². The number of aliphatic carboxylic acids is 1. The lowest BCUT2D eigenvalue weighted by Gasteiger charge is -2.14. The van der Waals surface area contributed by atoms with E-state index in [4.69, 9.17) is 0 Å². The van der Waals surface area contributed by atoms with Gasteiger partial charge in [-0.2, -0.15) is 0 Å². The number of carbonyl (C=O) groups excluding carboxylic acids is 1. The Kier molecular flexibility index (Phi) is 5.77. The molecular formula is C24H24N4O4. The summed E-state index contributed by atoms with van der Waals surface area (Å²) in [5.74, 6) is -1.41. The van der Waals surface area contributed by atoms with E-state index in [1.54, 1.807) is 24.7 Å². The van der Waals surface area contributed by atoms with Crippen molar-refractivity contribution in [3.05, 3.63) is 75.8 Å². The third-order valence-electron chi connectivity index (χ3n) is 5.68. The highest BCUT2D eigenvalue weighted by molar-refractivity contribution is 5.87. The third-order valence-corrected chi connectivity index (χ3v) is 5.68. The van der Waals surface area contributed by atoms with E-state index in [-0.39, 0.29) is 24.3 Å². The van der Waals surface area contributed by atoms with E-state index in [0.29, 0.717) is 17.6 Å². The smallest absolute Gasteiger partial charge is 0.326 e. The summed E-state index contributed by atoms with van der Waals surface area (Å²) in [7, 11) is 1.70. The van der Waals surface area contributed by atoms with E-state index < -0.39 is 12.0 Å². The molecule has 2 aromatic heterocycles. The van der Waals surface area contributed by atoms with Gasteiger partial charge in [0.2, 0.25) is 5.91 Å². The first-order valence-corrected chi connectivity index (χ1v) is 10.4. The maximum Gasteiger partial charge on any atom is 0.326 e. The lowest BCUT2D eigenvalue weighted by atomic mass is 10.0. The lowest BCUT2D eigenvalue weighted by Crippen LogP contribution is -2.42. The minimum absolute atomic E-state index is 0.139. The Balaban J connectivity index is 1.43. The number of aromatic nitrogens is 3. The molecule has 2 aromatic carbocycles. The van der Waals surface area contributed by atoms with E-state index in [9.17, 15) is 19.5 Å². The molecule has 8 heteroatoms. The van der Waals surface area contributed by atoms with Gasteiger partial charge < -0.3 is 20.0 Å². The van der Waals surface area contributed by atoms with Gasteiger partial charge in [0.05, 0.1) is 11.0 Å². The molecule has 3 N–H and O–H groups in total. The average molecular weight is 432 g/mol. The molecule has 0 radical (unpaired) electrons. The van der Waals surface area contributed by atoms with Crippen molar-refractivity contribution in [3.8, 4) is 0 Å². The van der Waals surface area contributed by atoms with Crippen LogP contribution in [0.2, 0.25) is 0 Å². The molecule has 0 bridgehead atoms. The minimum atomic E-state index is -1.07. The molecule has 0 spiro atoms. The molecule has 0 saturated heterocycles. The van der Waals surface area contributed by atoms with Crippen molar-refractivity contribution in [3.63, 3.8) is 0 Å². The van der Waals surface area contributed by atoms with Crippen LogP contribution in [0.1, 0.15) is 23.2 Å². The van der Waals surface area contributed by atoms with Crippen molar-refractivity contribution in [2.24, 2.45) is 7.05 Å². The molecular weight excluding hydrogens is 408 g/mol. The number of carbonyl (C=O) groups is 2. The molecule has 0 aliphatic carbocycles. The van der Waals surface area contributed by atoms with Crippen LogP contribution in [0.15, 0.2) is 53.5 Å². The Morgan fingerprint density at radius 2 is 2.00 bits per heavy atom. The summed E-state index contributed by atoms with van der Waals surface area (Å²) in [5.41, 5.74) is 4.34. The summed E-state index contributed by atoms with van der Waals surface area (Å²) >= 11 is 0. The molecule has 4 rings (SSSR count). The number of fused-ring (bicyclic) bond motifs is 2. The van der Waals surface area contributed by atoms with Crippen LogP contribution in [0.5, 0.6) is 0 Å². The number of aromatic amines is 1. The van der Waals surface area contributed by atoms with E-state index >= 15 is 0 Å². The first kappa shape index (κ1) is 21.3. The Labute approximate surface area is 183 Å². The molecule has 2 heterocycles. The molecule has 0 saturated carbocycles. The summed E-state index contributed by atoms with van der Waals surface area (Å²) in [6, 6.07) is 12.2. The standard InChI is InChI=1S/C24H24N4O4/c1-14-23(30)28(2)21-9-7-15(11-19(21)26-14)8-10-22(29)27-20(24(31)32)12-16-13-25-18-6-4-3-5-17(16)18/h3-7,9,11,13,20,25H,8,10,12H2,1-2H3,(H,27,29)(H,31,32). The number of carboxylic acid groups (broad SMARTS) is 1.